The molecule has 0 aliphatic carbocycles. The van der Waals surface area contributed by atoms with Crippen molar-refractivity contribution in [3.63, 3.8) is 0 Å². The number of aromatic nitrogens is 1. The van der Waals surface area contributed by atoms with Gasteiger partial charge in [-0.2, -0.15) is 0 Å². The van der Waals surface area contributed by atoms with Crippen molar-refractivity contribution in [2.75, 3.05) is 31.6 Å². The zero-order valence-corrected chi connectivity index (χ0v) is 11.7. The second-order valence-corrected chi connectivity index (χ2v) is 4.35. The van der Waals surface area contributed by atoms with E-state index in [9.17, 15) is 13.6 Å². The van der Waals surface area contributed by atoms with E-state index in [1.807, 2.05) is 6.92 Å². The summed E-state index contributed by atoms with van der Waals surface area (Å²) in [6.07, 6.45) is -2.67. The summed E-state index contributed by atoms with van der Waals surface area (Å²) in [6.45, 7) is 1.13. The van der Waals surface area contributed by atoms with E-state index in [1.54, 1.807) is 0 Å². The minimum atomic E-state index is -2.67. The molecule has 1 aromatic rings. The van der Waals surface area contributed by atoms with Crippen LogP contribution in [-0.2, 0) is 0 Å². The van der Waals surface area contributed by atoms with Crippen LogP contribution in [0.3, 0.4) is 0 Å². The van der Waals surface area contributed by atoms with E-state index in [0.29, 0.717) is 12.4 Å². The van der Waals surface area contributed by atoms with E-state index in [2.05, 4.69) is 10.3 Å². The van der Waals surface area contributed by atoms with Crippen molar-refractivity contribution in [2.45, 2.75) is 13.3 Å². The van der Waals surface area contributed by atoms with Gasteiger partial charge in [0.25, 0.3) is 12.3 Å². The standard InChI is InChI=1S/C12H16ClF2N3O2/c1-2-16-11-6-8(5-9(13)17-11)12(20)18(3-4-19)7-10(14)15/h5-6,10,19H,2-4,7H2,1H3,(H,16,17). The first-order valence-electron chi connectivity index (χ1n) is 6.07. The molecule has 0 spiro atoms. The molecule has 0 fully saturated rings. The first-order chi connectivity index (χ1) is 9.47. The Kier molecular flexibility index (Phi) is 6.60. The number of aliphatic hydroxyl groups excluding tert-OH is 1. The van der Waals surface area contributed by atoms with E-state index >= 15 is 0 Å². The molecule has 0 atom stereocenters. The highest BCUT2D eigenvalue weighted by molar-refractivity contribution is 6.29. The minimum absolute atomic E-state index is 0.0906. The van der Waals surface area contributed by atoms with Crippen molar-refractivity contribution in [2.24, 2.45) is 0 Å². The largest absolute Gasteiger partial charge is 0.395 e. The van der Waals surface area contributed by atoms with Crippen LogP contribution in [0.4, 0.5) is 14.6 Å². The van der Waals surface area contributed by atoms with Gasteiger partial charge >= 0.3 is 0 Å². The van der Waals surface area contributed by atoms with Crippen molar-refractivity contribution in [3.05, 3.63) is 22.8 Å². The molecule has 8 heteroatoms. The lowest BCUT2D eigenvalue weighted by Crippen LogP contribution is -2.37. The summed E-state index contributed by atoms with van der Waals surface area (Å²) in [4.78, 5) is 17.0. The van der Waals surface area contributed by atoms with E-state index < -0.39 is 25.5 Å². The SMILES string of the molecule is CCNc1cc(C(=O)N(CCO)CC(F)F)cc(Cl)n1. The summed E-state index contributed by atoms with van der Waals surface area (Å²) in [6, 6.07) is 2.74. The maximum Gasteiger partial charge on any atom is 0.255 e. The normalized spacial score (nSPS) is 10.7. The molecule has 5 nitrogen and oxygen atoms in total. The molecule has 1 heterocycles. The lowest BCUT2D eigenvalue weighted by atomic mass is 10.2. The monoisotopic (exact) mass is 307 g/mol. The number of nitrogens with one attached hydrogen (secondary N) is 1. The first kappa shape index (κ1) is 16.6. The van der Waals surface area contributed by atoms with Gasteiger partial charge in [-0.15, -0.1) is 0 Å². The minimum Gasteiger partial charge on any atom is -0.395 e. The molecule has 1 aromatic heterocycles. The molecular weight excluding hydrogens is 292 g/mol. The molecule has 0 unspecified atom stereocenters. The maximum atomic E-state index is 12.4. The molecule has 112 valence electrons. The van der Waals surface area contributed by atoms with Gasteiger partial charge in [0.05, 0.1) is 13.2 Å². The molecule has 0 saturated heterocycles. The zero-order chi connectivity index (χ0) is 15.1. The third-order valence-electron chi connectivity index (χ3n) is 2.41. The molecular formula is C12H16ClF2N3O2. The van der Waals surface area contributed by atoms with Crippen LogP contribution >= 0.6 is 11.6 Å². The second kappa shape index (κ2) is 7.96. The number of rotatable bonds is 7. The Bertz CT molecular complexity index is 460. The number of amides is 1. The van der Waals surface area contributed by atoms with Gasteiger partial charge in [0.2, 0.25) is 0 Å². The molecule has 0 saturated carbocycles. The van der Waals surface area contributed by atoms with Crippen LogP contribution in [0.5, 0.6) is 0 Å². The highest BCUT2D eigenvalue weighted by Crippen LogP contribution is 2.16. The van der Waals surface area contributed by atoms with Crippen LogP contribution in [-0.4, -0.2) is 53.6 Å². The van der Waals surface area contributed by atoms with E-state index in [-0.39, 0.29) is 17.3 Å². The first-order valence-corrected chi connectivity index (χ1v) is 6.45. The van der Waals surface area contributed by atoms with Gasteiger partial charge in [-0.25, -0.2) is 13.8 Å². The van der Waals surface area contributed by atoms with Crippen molar-refractivity contribution in [1.82, 2.24) is 9.88 Å². The molecule has 1 amide bonds. The number of alkyl halides is 2. The topological polar surface area (TPSA) is 65.5 Å². The van der Waals surface area contributed by atoms with Crippen molar-refractivity contribution in [1.29, 1.82) is 0 Å². The van der Waals surface area contributed by atoms with Crippen LogP contribution in [0.25, 0.3) is 0 Å². The fourth-order valence-corrected chi connectivity index (χ4v) is 1.85. The Morgan fingerprint density at radius 3 is 2.80 bits per heavy atom. The third-order valence-corrected chi connectivity index (χ3v) is 2.61. The number of hydrogen-bond acceptors (Lipinski definition) is 4. The fourth-order valence-electron chi connectivity index (χ4n) is 1.64. The van der Waals surface area contributed by atoms with Gasteiger partial charge in [0.15, 0.2) is 0 Å². The number of nitrogens with zero attached hydrogens (tertiary/aromatic N) is 2. The molecule has 2 N–H and O–H groups in total. The molecule has 0 aliphatic heterocycles. The summed E-state index contributed by atoms with van der Waals surface area (Å²) in [5, 5.41) is 11.8. The molecule has 0 bridgehead atoms. The number of halogens is 3. The Balaban J connectivity index is 2.98. The second-order valence-electron chi connectivity index (χ2n) is 3.96. The van der Waals surface area contributed by atoms with Crippen LogP contribution in [0, 0.1) is 0 Å². The van der Waals surface area contributed by atoms with Gasteiger partial charge in [0, 0.05) is 18.7 Å². The van der Waals surface area contributed by atoms with Crippen LogP contribution in [0.15, 0.2) is 12.1 Å². The summed E-state index contributed by atoms with van der Waals surface area (Å²) in [5.41, 5.74) is 0.148. The summed E-state index contributed by atoms with van der Waals surface area (Å²) < 4.78 is 24.9. The number of aliphatic hydroxyl groups is 1. The Morgan fingerprint density at radius 1 is 1.55 bits per heavy atom. The molecule has 0 aliphatic rings. The van der Waals surface area contributed by atoms with Crippen LogP contribution in [0.1, 0.15) is 17.3 Å². The number of carbonyl (C=O) groups excluding carboxylic acids is 1. The fraction of sp³-hybridized carbons (Fsp3) is 0.500. The van der Waals surface area contributed by atoms with Gasteiger partial charge in [-0.3, -0.25) is 4.79 Å². The van der Waals surface area contributed by atoms with Gasteiger partial charge in [-0.1, -0.05) is 11.6 Å². The van der Waals surface area contributed by atoms with E-state index in [0.717, 1.165) is 4.90 Å². The molecule has 20 heavy (non-hydrogen) atoms. The zero-order valence-electron chi connectivity index (χ0n) is 10.9. The van der Waals surface area contributed by atoms with Crippen molar-refractivity contribution in [3.8, 4) is 0 Å². The molecule has 1 rings (SSSR count). The van der Waals surface area contributed by atoms with Crippen molar-refractivity contribution >= 4 is 23.3 Å². The molecule has 0 aromatic carbocycles. The molecule has 0 radical (unpaired) electrons. The maximum absolute atomic E-state index is 12.4. The van der Waals surface area contributed by atoms with Gasteiger partial charge in [-0.05, 0) is 19.1 Å². The van der Waals surface area contributed by atoms with E-state index in [4.69, 9.17) is 16.7 Å². The smallest absolute Gasteiger partial charge is 0.255 e. The predicted octanol–water partition coefficient (Wildman–Crippen LogP) is 1.87. The Hall–Kier alpha value is -1.47. The highest BCUT2D eigenvalue weighted by atomic mass is 35.5. The quantitative estimate of drug-likeness (QED) is 0.755. The van der Waals surface area contributed by atoms with E-state index in [1.165, 1.54) is 12.1 Å². The number of carbonyl (C=O) groups is 1. The number of hydrogen-bond donors (Lipinski definition) is 2. The summed E-state index contributed by atoms with van der Waals surface area (Å²) in [7, 11) is 0. The lowest BCUT2D eigenvalue weighted by Gasteiger charge is -2.21. The summed E-state index contributed by atoms with van der Waals surface area (Å²) >= 11 is 5.80. The van der Waals surface area contributed by atoms with Crippen LogP contribution < -0.4 is 5.32 Å². The highest BCUT2D eigenvalue weighted by Gasteiger charge is 2.20. The third kappa shape index (κ3) is 4.90. The number of anilines is 1. The average Bonchev–Trinajstić information content (AvgIpc) is 2.36. The average molecular weight is 308 g/mol. The Labute approximate surface area is 120 Å². The van der Waals surface area contributed by atoms with Gasteiger partial charge < -0.3 is 15.3 Å². The number of pyridine rings is 1. The van der Waals surface area contributed by atoms with Gasteiger partial charge in [0.1, 0.15) is 11.0 Å². The summed E-state index contributed by atoms with van der Waals surface area (Å²) in [5.74, 6) is -0.229. The Morgan fingerprint density at radius 2 is 2.25 bits per heavy atom. The van der Waals surface area contributed by atoms with Crippen LogP contribution in [0.2, 0.25) is 5.15 Å². The van der Waals surface area contributed by atoms with Crippen molar-refractivity contribution < 1.29 is 18.7 Å². The predicted molar refractivity (Wildman–Crippen MR) is 72.4 cm³/mol. The lowest BCUT2D eigenvalue weighted by molar-refractivity contribution is 0.0509.